The Kier molecular flexibility index (Phi) is 7.02. The third-order valence-corrected chi connectivity index (χ3v) is 6.72. The van der Waals surface area contributed by atoms with Gasteiger partial charge in [0.1, 0.15) is 0 Å². The fraction of sp³-hybridized carbons (Fsp3) is 0.250. The molecule has 32 heavy (non-hydrogen) atoms. The second kappa shape index (κ2) is 10.1. The van der Waals surface area contributed by atoms with Crippen LogP contribution in [0.2, 0.25) is 0 Å². The highest BCUT2D eigenvalue weighted by molar-refractivity contribution is 7.98. The average molecular weight is 464 g/mol. The van der Waals surface area contributed by atoms with Crippen molar-refractivity contribution in [2.24, 2.45) is 0 Å². The molecule has 0 aliphatic rings. The van der Waals surface area contributed by atoms with Crippen molar-refractivity contribution >= 4 is 39.8 Å². The summed E-state index contributed by atoms with van der Waals surface area (Å²) in [6, 6.07) is 17.9. The average Bonchev–Trinajstić information content (AvgIpc) is 3.40. The molecule has 0 spiro atoms. The quantitative estimate of drug-likeness (QED) is 0.296. The first-order valence-corrected chi connectivity index (χ1v) is 12.4. The van der Waals surface area contributed by atoms with Crippen molar-refractivity contribution in [2.75, 3.05) is 4.90 Å². The van der Waals surface area contributed by atoms with Crippen molar-refractivity contribution in [3.05, 3.63) is 71.2 Å². The number of para-hydroxylation sites is 1. The van der Waals surface area contributed by atoms with Gasteiger partial charge in [0.15, 0.2) is 16.1 Å². The van der Waals surface area contributed by atoms with Gasteiger partial charge in [-0.3, -0.25) is 9.69 Å². The van der Waals surface area contributed by atoms with E-state index in [1.54, 1.807) is 23.6 Å². The predicted molar refractivity (Wildman–Crippen MR) is 131 cm³/mol. The van der Waals surface area contributed by atoms with Crippen LogP contribution in [0.15, 0.2) is 65.1 Å². The molecular weight excluding hydrogens is 438 g/mol. The van der Waals surface area contributed by atoms with E-state index < -0.39 is 0 Å². The Hall–Kier alpha value is -2.97. The zero-order valence-corrected chi connectivity index (χ0v) is 20.0. The van der Waals surface area contributed by atoms with E-state index in [9.17, 15) is 4.79 Å². The zero-order chi connectivity index (χ0) is 22.5. The van der Waals surface area contributed by atoms with Gasteiger partial charge in [-0.25, -0.2) is 4.98 Å². The number of carbonyl (C=O) groups excluding carboxylic acids is 1. The summed E-state index contributed by atoms with van der Waals surface area (Å²) in [6.45, 7) is 6.65. The van der Waals surface area contributed by atoms with Crippen LogP contribution in [0.3, 0.4) is 0 Å². The van der Waals surface area contributed by atoms with Gasteiger partial charge in [0.25, 0.3) is 0 Å². The SMILES string of the molecule is CCCn1c(SCc2csc(N(C(C)=O)c3ccccc3)n2)nnc1-c1cccc(C)c1. The van der Waals surface area contributed by atoms with E-state index in [1.165, 1.54) is 16.9 Å². The van der Waals surface area contributed by atoms with E-state index in [1.807, 2.05) is 41.8 Å². The second-order valence-corrected chi connectivity index (χ2v) is 9.21. The standard InChI is InChI=1S/C24H25N5OS2/c1-4-13-28-22(19-10-8-9-17(2)14-19)26-27-24(28)32-16-20-15-31-23(25-20)29(18(3)30)21-11-6-5-7-12-21/h5-12,14-15H,4,13,16H2,1-3H3. The van der Waals surface area contributed by atoms with Gasteiger partial charge >= 0.3 is 0 Å². The lowest BCUT2D eigenvalue weighted by molar-refractivity contribution is -0.115. The van der Waals surface area contributed by atoms with Gasteiger partial charge in [-0.1, -0.05) is 60.6 Å². The number of nitrogens with zero attached hydrogens (tertiary/aromatic N) is 5. The molecular formula is C24H25N5OS2. The summed E-state index contributed by atoms with van der Waals surface area (Å²) in [5.41, 5.74) is 4.01. The molecule has 0 fully saturated rings. The number of carbonyl (C=O) groups is 1. The van der Waals surface area contributed by atoms with Crippen LogP contribution in [0.5, 0.6) is 0 Å². The first kappa shape index (κ1) is 22.2. The van der Waals surface area contributed by atoms with Crippen molar-refractivity contribution in [1.29, 1.82) is 0 Å². The minimum absolute atomic E-state index is 0.0600. The minimum Gasteiger partial charge on any atom is -0.302 e. The Bertz CT molecular complexity index is 1200. The predicted octanol–water partition coefficient (Wildman–Crippen LogP) is 6.10. The molecule has 0 radical (unpaired) electrons. The highest BCUT2D eigenvalue weighted by Crippen LogP contribution is 2.32. The van der Waals surface area contributed by atoms with E-state index in [4.69, 9.17) is 4.98 Å². The third-order valence-electron chi connectivity index (χ3n) is 4.85. The van der Waals surface area contributed by atoms with E-state index in [0.29, 0.717) is 10.9 Å². The van der Waals surface area contributed by atoms with Gasteiger partial charge in [0.2, 0.25) is 5.91 Å². The molecule has 0 bridgehead atoms. The number of hydrogen-bond acceptors (Lipinski definition) is 6. The molecule has 2 aromatic carbocycles. The molecule has 2 aromatic heterocycles. The van der Waals surface area contributed by atoms with Crippen molar-refractivity contribution in [3.63, 3.8) is 0 Å². The first-order chi connectivity index (χ1) is 15.6. The van der Waals surface area contributed by atoms with Crippen molar-refractivity contribution in [3.8, 4) is 11.4 Å². The normalized spacial score (nSPS) is 11.0. The zero-order valence-electron chi connectivity index (χ0n) is 18.4. The van der Waals surface area contributed by atoms with Gasteiger partial charge in [-0.2, -0.15) is 0 Å². The van der Waals surface area contributed by atoms with Crippen molar-refractivity contribution in [2.45, 2.75) is 44.6 Å². The molecule has 0 atom stereocenters. The van der Waals surface area contributed by atoms with Gasteiger partial charge in [-0.05, 0) is 31.5 Å². The number of amides is 1. The van der Waals surface area contributed by atoms with Crippen molar-refractivity contribution < 1.29 is 4.79 Å². The maximum absolute atomic E-state index is 12.3. The van der Waals surface area contributed by atoms with Gasteiger partial charge in [-0.15, -0.1) is 21.5 Å². The number of hydrogen-bond donors (Lipinski definition) is 0. The minimum atomic E-state index is -0.0600. The summed E-state index contributed by atoms with van der Waals surface area (Å²) >= 11 is 3.09. The Morgan fingerprint density at radius 2 is 1.94 bits per heavy atom. The van der Waals surface area contributed by atoms with E-state index >= 15 is 0 Å². The van der Waals surface area contributed by atoms with Crippen LogP contribution in [-0.2, 0) is 17.1 Å². The molecule has 0 aliphatic carbocycles. The molecule has 4 aromatic rings. The monoisotopic (exact) mass is 463 g/mol. The second-order valence-electron chi connectivity index (χ2n) is 7.43. The number of aryl methyl sites for hydroxylation is 1. The highest BCUT2D eigenvalue weighted by atomic mass is 32.2. The Balaban J connectivity index is 1.53. The molecule has 6 nitrogen and oxygen atoms in total. The van der Waals surface area contributed by atoms with Crippen LogP contribution in [0.1, 0.15) is 31.5 Å². The molecule has 4 rings (SSSR count). The molecule has 8 heteroatoms. The molecule has 1 amide bonds. The fourth-order valence-electron chi connectivity index (χ4n) is 3.43. The maximum atomic E-state index is 12.3. The largest absolute Gasteiger partial charge is 0.302 e. The topological polar surface area (TPSA) is 63.9 Å². The van der Waals surface area contributed by atoms with E-state index in [-0.39, 0.29) is 5.91 Å². The van der Waals surface area contributed by atoms with Crippen molar-refractivity contribution in [1.82, 2.24) is 19.7 Å². The highest BCUT2D eigenvalue weighted by Gasteiger charge is 2.19. The Morgan fingerprint density at radius 3 is 2.66 bits per heavy atom. The van der Waals surface area contributed by atoms with Gasteiger partial charge in [0.05, 0.1) is 11.4 Å². The van der Waals surface area contributed by atoms with Crippen LogP contribution in [0, 0.1) is 6.92 Å². The van der Waals surface area contributed by atoms with Crippen LogP contribution >= 0.6 is 23.1 Å². The molecule has 0 aliphatic heterocycles. The number of benzene rings is 2. The van der Waals surface area contributed by atoms with Gasteiger partial charge < -0.3 is 4.57 Å². The number of aromatic nitrogens is 4. The summed E-state index contributed by atoms with van der Waals surface area (Å²) < 4.78 is 2.18. The fourth-order valence-corrected chi connectivity index (χ4v) is 5.28. The number of thiazole rings is 1. The molecule has 0 saturated carbocycles. The molecule has 0 saturated heterocycles. The molecule has 164 valence electrons. The number of rotatable bonds is 8. The van der Waals surface area contributed by atoms with Crippen LogP contribution < -0.4 is 4.90 Å². The van der Waals surface area contributed by atoms with E-state index in [2.05, 4.69) is 46.8 Å². The molecule has 0 unspecified atom stereocenters. The molecule has 2 heterocycles. The summed E-state index contributed by atoms with van der Waals surface area (Å²) in [5, 5.41) is 12.5. The smallest absolute Gasteiger partial charge is 0.230 e. The third kappa shape index (κ3) is 4.92. The van der Waals surface area contributed by atoms with Gasteiger partial charge in [0, 0.05) is 30.2 Å². The Morgan fingerprint density at radius 1 is 1.12 bits per heavy atom. The molecule has 0 N–H and O–H groups in total. The summed E-state index contributed by atoms with van der Waals surface area (Å²) in [4.78, 5) is 18.6. The van der Waals surface area contributed by atoms with Crippen LogP contribution in [0.25, 0.3) is 11.4 Å². The lowest BCUT2D eigenvalue weighted by Gasteiger charge is -2.17. The van der Waals surface area contributed by atoms with Crippen LogP contribution in [-0.4, -0.2) is 25.7 Å². The lowest BCUT2D eigenvalue weighted by atomic mass is 10.1. The lowest BCUT2D eigenvalue weighted by Crippen LogP contribution is -2.22. The van der Waals surface area contributed by atoms with Crippen LogP contribution in [0.4, 0.5) is 10.8 Å². The number of anilines is 2. The first-order valence-electron chi connectivity index (χ1n) is 10.5. The number of thioether (sulfide) groups is 1. The summed E-state index contributed by atoms with van der Waals surface area (Å²) in [5.74, 6) is 1.49. The summed E-state index contributed by atoms with van der Waals surface area (Å²) in [6.07, 6.45) is 0.996. The van der Waals surface area contributed by atoms with E-state index in [0.717, 1.165) is 40.9 Å². The maximum Gasteiger partial charge on any atom is 0.230 e. The summed E-state index contributed by atoms with van der Waals surface area (Å²) in [7, 11) is 0. The Labute approximate surface area is 196 Å².